The number of amidine groups is 1. The van der Waals surface area contributed by atoms with Crippen LogP contribution in [0.4, 0.5) is 0 Å². The van der Waals surface area contributed by atoms with Crippen LogP contribution in [0.5, 0.6) is 0 Å². The maximum atomic E-state index is 5.45. The monoisotopic (exact) mass is 266 g/mol. The average Bonchev–Trinajstić information content (AvgIpc) is 1.93. The molecular formula is C6H8Br2N2. The summed E-state index contributed by atoms with van der Waals surface area (Å²) in [5, 5.41) is 0. The van der Waals surface area contributed by atoms with Gasteiger partial charge in [-0.2, -0.15) is 0 Å². The summed E-state index contributed by atoms with van der Waals surface area (Å²) in [7, 11) is 0. The Kier molecular flexibility index (Phi) is 4.64. The van der Waals surface area contributed by atoms with Crippen LogP contribution in [0.3, 0.4) is 0 Å². The Labute approximate surface area is 78.8 Å². The fourth-order valence-electron chi connectivity index (χ4n) is 0.556. The molecule has 0 spiro atoms. The minimum absolute atomic E-state index is 0. The molecule has 0 aliphatic carbocycles. The lowest BCUT2D eigenvalue weighted by molar-refractivity contribution is 1.37. The van der Waals surface area contributed by atoms with Crippen LogP contribution in [0.1, 0.15) is 6.42 Å². The Hall–Kier alpha value is -0.0900. The number of halogens is 2. The zero-order chi connectivity index (χ0) is 6.69. The van der Waals surface area contributed by atoms with Gasteiger partial charge in [0.15, 0.2) is 0 Å². The SMILES string of the molecule is Br.NC1=NC(Br)=CC=CC1. The molecule has 0 saturated carbocycles. The van der Waals surface area contributed by atoms with Crippen LogP contribution in [0.2, 0.25) is 0 Å². The van der Waals surface area contributed by atoms with Crippen molar-refractivity contribution in [2.24, 2.45) is 10.7 Å². The molecule has 1 aliphatic heterocycles. The van der Waals surface area contributed by atoms with Crippen LogP contribution < -0.4 is 5.73 Å². The highest BCUT2D eigenvalue weighted by atomic mass is 79.9. The first-order valence-electron chi connectivity index (χ1n) is 2.64. The van der Waals surface area contributed by atoms with E-state index in [0.717, 1.165) is 11.0 Å². The van der Waals surface area contributed by atoms with Crippen molar-refractivity contribution in [1.29, 1.82) is 0 Å². The predicted molar refractivity (Wildman–Crippen MR) is 52.7 cm³/mol. The molecule has 2 nitrogen and oxygen atoms in total. The Morgan fingerprint density at radius 3 is 3.00 bits per heavy atom. The second-order valence-electron chi connectivity index (χ2n) is 1.72. The molecule has 10 heavy (non-hydrogen) atoms. The van der Waals surface area contributed by atoms with Gasteiger partial charge in [-0.1, -0.05) is 12.2 Å². The van der Waals surface area contributed by atoms with Gasteiger partial charge in [-0.3, -0.25) is 0 Å². The van der Waals surface area contributed by atoms with Crippen molar-refractivity contribution >= 4 is 38.7 Å². The van der Waals surface area contributed by atoms with Gasteiger partial charge < -0.3 is 5.73 Å². The topological polar surface area (TPSA) is 38.4 Å². The molecule has 0 atom stereocenters. The molecule has 0 aromatic heterocycles. The standard InChI is InChI=1S/C6H7BrN2.BrH/c7-5-3-1-2-4-6(8)9-5;/h1-3H,4H2,(H2,8,9);1H. The Morgan fingerprint density at radius 1 is 1.60 bits per heavy atom. The summed E-state index contributed by atoms with van der Waals surface area (Å²) in [6.45, 7) is 0. The molecule has 1 heterocycles. The number of aliphatic imine (C=N–C) groups is 1. The van der Waals surface area contributed by atoms with Gasteiger partial charge in [0.2, 0.25) is 0 Å². The highest BCUT2D eigenvalue weighted by molar-refractivity contribution is 9.11. The van der Waals surface area contributed by atoms with Gasteiger partial charge in [-0.25, -0.2) is 4.99 Å². The zero-order valence-corrected chi connectivity index (χ0v) is 8.55. The third kappa shape index (κ3) is 3.17. The molecule has 0 aromatic rings. The van der Waals surface area contributed by atoms with Gasteiger partial charge in [-0.15, -0.1) is 17.0 Å². The van der Waals surface area contributed by atoms with Gasteiger partial charge in [-0.05, 0) is 22.0 Å². The summed E-state index contributed by atoms with van der Waals surface area (Å²) in [6, 6.07) is 0. The van der Waals surface area contributed by atoms with E-state index in [2.05, 4.69) is 20.9 Å². The highest BCUT2D eigenvalue weighted by Crippen LogP contribution is 2.09. The minimum Gasteiger partial charge on any atom is -0.387 e. The van der Waals surface area contributed by atoms with Gasteiger partial charge in [0.1, 0.15) is 10.4 Å². The quantitative estimate of drug-likeness (QED) is 0.671. The highest BCUT2D eigenvalue weighted by Gasteiger charge is 1.92. The zero-order valence-electron chi connectivity index (χ0n) is 5.25. The fraction of sp³-hybridized carbons (Fsp3) is 0.167. The van der Waals surface area contributed by atoms with Gasteiger partial charge in [0.05, 0.1) is 0 Å². The van der Waals surface area contributed by atoms with Crippen LogP contribution in [-0.2, 0) is 0 Å². The van der Waals surface area contributed by atoms with Crippen LogP contribution in [0.25, 0.3) is 0 Å². The summed E-state index contributed by atoms with van der Waals surface area (Å²) in [5.74, 6) is 0.645. The predicted octanol–water partition coefficient (Wildman–Crippen LogP) is 2.12. The smallest absolute Gasteiger partial charge is 0.108 e. The summed E-state index contributed by atoms with van der Waals surface area (Å²) in [6.07, 6.45) is 6.49. The summed E-state index contributed by atoms with van der Waals surface area (Å²) >= 11 is 3.22. The second-order valence-corrected chi connectivity index (χ2v) is 2.54. The lowest BCUT2D eigenvalue weighted by atomic mass is 10.4. The molecule has 0 fully saturated rings. The molecule has 0 saturated heterocycles. The van der Waals surface area contributed by atoms with Crippen molar-refractivity contribution in [3.63, 3.8) is 0 Å². The van der Waals surface area contributed by atoms with E-state index in [1.54, 1.807) is 0 Å². The molecule has 2 N–H and O–H groups in total. The van der Waals surface area contributed by atoms with Crippen molar-refractivity contribution in [1.82, 2.24) is 0 Å². The minimum atomic E-state index is 0. The Balaban J connectivity index is 0.000000810. The largest absolute Gasteiger partial charge is 0.387 e. The summed E-state index contributed by atoms with van der Waals surface area (Å²) in [4.78, 5) is 3.99. The lowest BCUT2D eigenvalue weighted by Crippen LogP contribution is -2.08. The number of hydrogen-bond donors (Lipinski definition) is 1. The summed E-state index contributed by atoms with van der Waals surface area (Å²) in [5.41, 5.74) is 5.45. The first-order valence-corrected chi connectivity index (χ1v) is 3.44. The van der Waals surface area contributed by atoms with Crippen LogP contribution in [0, 0.1) is 0 Å². The lowest BCUT2D eigenvalue weighted by Gasteiger charge is -1.89. The van der Waals surface area contributed by atoms with Gasteiger partial charge in [0, 0.05) is 6.42 Å². The Morgan fingerprint density at radius 2 is 2.30 bits per heavy atom. The normalized spacial score (nSPS) is 16.5. The molecule has 0 bridgehead atoms. The van der Waals surface area contributed by atoms with Crippen molar-refractivity contribution < 1.29 is 0 Å². The molecular weight excluding hydrogens is 260 g/mol. The van der Waals surface area contributed by atoms with Crippen LogP contribution >= 0.6 is 32.9 Å². The molecule has 0 unspecified atom stereocenters. The number of nitrogens with two attached hydrogens (primary N) is 1. The molecule has 4 heteroatoms. The molecule has 0 amide bonds. The average molecular weight is 268 g/mol. The fourth-order valence-corrected chi connectivity index (χ4v) is 0.937. The Bertz CT molecular complexity index is 194. The van der Waals surface area contributed by atoms with Gasteiger partial charge in [0.25, 0.3) is 0 Å². The summed E-state index contributed by atoms with van der Waals surface area (Å²) < 4.78 is 0.786. The first-order chi connectivity index (χ1) is 4.29. The van der Waals surface area contributed by atoms with E-state index in [0.29, 0.717) is 5.84 Å². The van der Waals surface area contributed by atoms with E-state index in [9.17, 15) is 0 Å². The maximum absolute atomic E-state index is 5.45. The van der Waals surface area contributed by atoms with E-state index in [4.69, 9.17) is 5.73 Å². The van der Waals surface area contributed by atoms with Crippen LogP contribution in [0.15, 0.2) is 27.8 Å². The van der Waals surface area contributed by atoms with E-state index in [1.807, 2.05) is 18.2 Å². The van der Waals surface area contributed by atoms with E-state index in [1.165, 1.54) is 0 Å². The molecule has 0 aromatic carbocycles. The molecule has 56 valence electrons. The molecule has 1 rings (SSSR count). The number of rotatable bonds is 0. The van der Waals surface area contributed by atoms with Gasteiger partial charge >= 0.3 is 0 Å². The van der Waals surface area contributed by atoms with E-state index in [-0.39, 0.29) is 17.0 Å². The van der Waals surface area contributed by atoms with E-state index >= 15 is 0 Å². The van der Waals surface area contributed by atoms with E-state index < -0.39 is 0 Å². The third-order valence-corrected chi connectivity index (χ3v) is 1.39. The van der Waals surface area contributed by atoms with Crippen molar-refractivity contribution in [3.05, 3.63) is 22.8 Å². The second kappa shape index (κ2) is 4.68. The third-order valence-electron chi connectivity index (χ3n) is 0.947. The number of allylic oxidation sites excluding steroid dienone is 2. The first kappa shape index (κ1) is 9.91. The van der Waals surface area contributed by atoms with Crippen molar-refractivity contribution in [3.8, 4) is 0 Å². The number of nitrogens with zero attached hydrogens (tertiary/aromatic N) is 1. The van der Waals surface area contributed by atoms with Crippen LogP contribution in [-0.4, -0.2) is 5.84 Å². The molecule has 1 aliphatic rings. The number of hydrogen-bond acceptors (Lipinski definition) is 2. The maximum Gasteiger partial charge on any atom is 0.108 e. The van der Waals surface area contributed by atoms with Crippen molar-refractivity contribution in [2.45, 2.75) is 6.42 Å². The van der Waals surface area contributed by atoms with Crippen molar-refractivity contribution in [2.75, 3.05) is 0 Å². The molecule has 0 radical (unpaired) electrons.